The van der Waals surface area contributed by atoms with Crippen LogP contribution in [0.5, 0.6) is 0 Å². The van der Waals surface area contributed by atoms with E-state index in [-0.39, 0.29) is 6.09 Å². The number of anilines is 1. The first kappa shape index (κ1) is 16.0. The van der Waals surface area contributed by atoms with Crippen LogP contribution in [-0.4, -0.2) is 31.8 Å². The quantitative estimate of drug-likeness (QED) is 0.920. The van der Waals surface area contributed by atoms with E-state index < -0.39 is 5.60 Å². The van der Waals surface area contributed by atoms with Crippen LogP contribution in [0, 0.1) is 0 Å². The number of carbonyl (C=O) groups is 1. The van der Waals surface area contributed by atoms with Gasteiger partial charge in [0.25, 0.3) is 0 Å². The average Bonchev–Trinajstić information content (AvgIpc) is 2.29. The first-order valence-corrected chi connectivity index (χ1v) is 7.04. The van der Waals surface area contributed by atoms with Crippen molar-refractivity contribution in [2.45, 2.75) is 26.4 Å². The predicted molar refractivity (Wildman–Crippen MR) is 81.6 cm³/mol. The molecule has 1 aromatic rings. The maximum Gasteiger partial charge on any atom is 0.414 e. The van der Waals surface area contributed by atoms with Crippen molar-refractivity contribution in [3.63, 3.8) is 0 Å². The lowest BCUT2D eigenvalue weighted by Gasteiger charge is -2.28. The highest BCUT2D eigenvalue weighted by Gasteiger charge is 2.24. The highest BCUT2D eigenvalue weighted by Crippen LogP contribution is 2.26. The summed E-state index contributed by atoms with van der Waals surface area (Å²) >= 11 is 3.47. The van der Waals surface area contributed by atoms with E-state index in [1.165, 1.54) is 0 Å². The van der Waals surface area contributed by atoms with E-state index in [1.807, 2.05) is 52.1 Å². The fraction of sp³-hybridized carbons (Fsp3) is 0.500. The van der Waals surface area contributed by atoms with Gasteiger partial charge in [0.1, 0.15) is 5.60 Å². The Labute approximate surface area is 123 Å². The summed E-state index contributed by atoms with van der Waals surface area (Å²) in [5.74, 6) is 0. The molecule has 0 atom stereocenters. The molecule has 5 heteroatoms. The number of ether oxygens (including phenoxy) is 1. The molecule has 0 heterocycles. The SMILES string of the molecule is CNCCN(C(=O)OC(C)(C)C)c1ccccc1Br. The van der Waals surface area contributed by atoms with Gasteiger partial charge in [-0.05, 0) is 55.9 Å². The number of para-hydroxylation sites is 1. The van der Waals surface area contributed by atoms with Crippen LogP contribution in [0.15, 0.2) is 28.7 Å². The Balaban J connectivity index is 2.95. The third kappa shape index (κ3) is 5.20. The van der Waals surface area contributed by atoms with Crippen LogP contribution in [0.25, 0.3) is 0 Å². The van der Waals surface area contributed by atoms with Gasteiger partial charge >= 0.3 is 6.09 Å². The number of likely N-dealkylation sites (N-methyl/N-ethyl adjacent to an activating group) is 1. The second-order valence-electron chi connectivity index (χ2n) is 5.19. The lowest BCUT2D eigenvalue weighted by molar-refractivity contribution is 0.0580. The van der Waals surface area contributed by atoms with Crippen molar-refractivity contribution in [3.05, 3.63) is 28.7 Å². The van der Waals surface area contributed by atoms with Crippen molar-refractivity contribution in [1.29, 1.82) is 0 Å². The molecular formula is C14H21BrN2O2. The van der Waals surface area contributed by atoms with E-state index in [0.29, 0.717) is 13.1 Å². The first-order chi connectivity index (χ1) is 8.85. The molecule has 0 unspecified atom stereocenters. The third-order valence-corrected chi connectivity index (χ3v) is 3.01. The number of amides is 1. The summed E-state index contributed by atoms with van der Waals surface area (Å²) in [5, 5.41) is 3.04. The zero-order chi connectivity index (χ0) is 14.5. The van der Waals surface area contributed by atoms with Gasteiger partial charge in [0, 0.05) is 17.6 Å². The van der Waals surface area contributed by atoms with E-state index in [9.17, 15) is 4.79 Å². The Morgan fingerprint density at radius 1 is 1.37 bits per heavy atom. The minimum absolute atomic E-state index is 0.338. The van der Waals surface area contributed by atoms with Gasteiger partial charge in [0.05, 0.1) is 5.69 Å². The van der Waals surface area contributed by atoms with E-state index in [2.05, 4.69) is 21.2 Å². The van der Waals surface area contributed by atoms with Crippen LogP contribution >= 0.6 is 15.9 Å². The zero-order valence-electron chi connectivity index (χ0n) is 11.9. The van der Waals surface area contributed by atoms with E-state index >= 15 is 0 Å². The number of carbonyl (C=O) groups excluding carboxylic acids is 1. The Kier molecular flexibility index (Phi) is 5.82. The van der Waals surface area contributed by atoms with Gasteiger partial charge in [0.2, 0.25) is 0 Å². The van der Waals surface area contributed by atoms with Crippen LogP contribution in [0.4, 0.5) is 10.5 Å². The summed E-state index contributed by atoms with van der Waals surface area (Å²) in [6.45, 7) is 6.83. The van der Waals surface area contributed by atoms with Crippen molar-refractivity contribution >= 4 is 27.7 Å². The number of hydrogen-bond donors (Lipinski definition) is 1. The molecule has 0 radical (unpaired) electrons. The van der Waals surface area contributed by atoms with E-state index in [0.717, 1.165) is 10.2 Å². The Morgan fingerprint density at radius 3 is 2.53 bits per heavy atom. The summed E-state index contributed by atoms with van der Waals surface area (Å²) in [5.41, 5.74) is 0.308. The van der Waals surface area contributed by atoms with Crippen LogP contribution in [0.3, 0.4) is 0 Å². The van der Waals surface area contributed by atoms with Crippen molar-refractivity contribution in [3.8, 4) is 0 Å². The maximum absolute atomic E-state index is 12.3. The molecule has 0 saturated heterocycles. The van der Waals surface area contributed by atoms with Crippen molar-refractivity contribution in [2.24, 2.45) is 0 Å². The summed E-state index contributed by atoms with van der Waals surface area (Å²) in [4.78, 5) is 13.9. The zero-order valence-corrected chi connectivity index (χ0v) is 13.5. The average molecular weight is 329 g/mol. The Bertz CT molecular complexity index is 430. The smallest absolute Gasteiger partial charge is 0.414 e. The highest BCUT2D eigenvalue weighted by atomic mass is 79.9. The second kappa shape index (κ2) is 6.91. The normalized spacial score (nSPS) is 11.2. The minimum atomic E-state index is -0.504. The molecule has 0 spiro atoms. The van der Waals surface area contributed by atoms with Gasteiger partial charge in [-0.25, -0.2) is 4.79 Å². The van der Waals surface area contributed by atoms with Gasteiger partial charge in [-0.2, -0.15) is 0 Å². The summed E-state index contributed by atoms with van der Waals surface area (Å²) in [7, 11) is 1.85. The van der Waals surface area contributed by atoms with Gasteiger partial charge in [-0.15, -0.1) is 0 Å². The molecule has 1 aromatic carbocycles. The van der Waals surface area contributed by atoms with Crippen LogP contribution in [0.2, 0.25) is 0 Å². The summed E-state index contributed by atoms with van der Waals surface area (Å²) in [6.07, 6.45) is -0.338. The standard InChI is InChI=1S/C14H21BrN2O2/c1-14(2,3)19-13(18)17(10-9-16-4)12-8-6-5-7-11(12)15/h5-8,16H,9-10H2,1-4H3. The number of nitrogens with zero attached hydrogens (tertiary/aromatic N) is 1. The molecule has 0 saturated carbocycles. The maximum atomic E-state index is 12.3. The third-order valence-electron chi connectivity index (χ3n) is 2.34. The van der Waals surface area contributed by atoms with Crippen molar-refractivity contribution in [2.75, 3.05) is 25.0 Å². The van der Waals surface area contributed by atoms with Gasteiger partial charge < -0.3 is 10.1 Å². The molecule has 0 aliphatic rings. The van der Waals surface area contributed by atoms with Crippen LogP contribution in [0.1, 0.15) is 20.8 Å². The van der Waals surface area contributed by atoms with Gasteiger partial charge in [0.15, 0.2) is 0 Å². The number of nitrogens with one attached hydrogen (secondary N) is 1. The number of rotatable bonds is 4. The van der Waals surface area contributed by atoms with Crippen molar-refractivity contribution < 1.29 is 9.53 Å². The van der Waals surface area contributed by atoms with Crippen LogP contribution < -0.4 is 10.2 Å². The Hall–Kier alpha value is -1.07. The van der Waals surface area contributed by atoms with Gasteiger partial charge in [-0.3, -0.25) is 4.90 Å². The minimum Gasteiger partial charge on any atom is -0.443 e. The van der Waals surface area contributed by atoms with E-state index in [4.69, 9.17) is 4.74 Å². The second-order valence-corrected chi connectivity index (χ2v) is 6.04. The molecule has 19 heavy (non-hydrogen) atoms. The molecular weight excluding hydrogens is 308 g/mol. The number of benzene rings is 1. The summed E-state index contributed by atoms with van der Waals surface area (Å²) < 4.78 is 6.32. The van der Waals surface area contributed by atoms with E-state index in [1.54, 1.807) is 4.90 Å². The highest BCUT2D eigenvalue weighted by molar-refractivity contribution is 9.10. The molecule has 1 N–H and O–H groups in total. The molecule has 0 aliphatic carbocycles. The summed E-state index contributed by atoms with van der Waals surface area (Å²) in [6, 6.07) is 7.62. The van der Waals surface area contributed by atoms with Gasteiger partial charge in [-0.1, -0.05) is 12.1 Å². The number of hydrogen-bond acceptors (Lipinski definition) is 3. The lowest BCUT2D eigenvalue weighted by atomic mass is 10.2. The monoisotopic (exact) mass is 328 g/mol. The lowest BCUT2D eigenvalue weighted by Crippen LogP contribution is -2.40. The topological polar surface area (TPSA) is 41.6 Å². The molecule has 4 nitrogen and oxygen atoms in total. The predicted octanol–water partition coefficient (Wildman–Crippen LogP) is 3.41. The molecule has 106 valence electrons. The molecule has 1 rings (SSSR count). The van der Waals surface area contributed by atoms with Crippen LogP contribution in [-0.2, 0) is 4.74 Å². The molecule has 0 bridgehead atoms. The Morgan fingerprint density at radius 2 is 2.00 bits per heavy atom. The molecule has 1 amide bonds. The fourth-order valence-corrected chi connectivity index (χ4v) is 2.02. The fourth-order valence-electron chi connectivity index (χ4n) is 1.52. The number of halogens is 1. The van der Waals surface area contributed by atoms with Crippen molar-refractivity contribution in [1.82, 2.24) is 5.32 Å². The largest absolute Gasteiger partial charge is 0.443 e. The first-order valence-electron chi connectivity index (χ1n) is 6.25. The molecule has 0 aliphatic heterocycles. The molecule has 0 aromatic heterocycles. The molecule has 0 fully saturated rings.